The van der Waals surface area contributed by atoms with Gasteiger partial charge in [-0.15, -0.1) is 0 Å². The maximum Gasteiger partial charge on any atom is 0.220 e. The normalized spacial score (nSPS) is 10.8. The Morgan fingerprint density at radius 3 is 3.06 bits per heavy atom. The van der Waals surface area contributed by atoms with Crippen LogP contribution in [0.1, 0.15) is 17.8 Å². The number of para-hydroxylation sites is 1. The van der Waals surface area contributed by atoms with Crippen LogP contribution < -0.4 is 11.1 Å². The molecular weight excluding hydrogens is 228 g/mol. The lowest BCUT2D eigenvalue weighted by molar-refractivity contribution is -0.121. The predicted molar refractivity (Wildman–Crippen MR) is 71.2 cm³/mol. The van der Waals surface area contributed by atoms with E-state index in [9.17, 15) is 4.79 Å². The van der Waals surface area contributed by atoms with Crippen molar-refractivity contribution < 1.29 is 4.79 Å². The fraction of sp³-hybridized carbons (Fsp3) is 0.385. The van der Waals surface area contributed by atoms with Crippen LogP contribution in [0.5, 0.6) is 0 Å². The smallest absolute Gasteiger partial charge is 0.220 e. The maximum atomic E-state index is 11.4. The third-order valence-corrected chi connectivity index (χ3v) is 2.82. The molecule has 1 aromatic carbocycles. The first kappa shape index (κ1) is 12.6. The van der Waals surface area contributed by atoms with Crippen molar-refractivity contribution in [1.29, 1.82) is 0 Å². The second kappa shape index (κ2) is 5.64. The van der Waals surface area contributed by atoms with Gasteiger partial charge in [0, 0.05) is 25.9 Å². The quantitative estimate of drug-likeness (QED) is 0.732. The van der Waals surface area contributed by atoms with Gasteiger partial charge in [-0.3, -0.25) is 4.79 Å². The molecule has 0 aliphatic heterocycles. The highest BCUT2D eigenvalue weighted by Gasteiger charge is 2.07. The van der Waals surface area contributed by atoms with E-state index in [1.165, 1.54) is 0 Å². The van der Waals surface area contributed by atoms with Crippen LogP contribution in [0.25, 0.3) is 11.0 Å². The van der Waals surface area contributed by atoms with Gasteiger partial charge in [0.25, 0.3) is 0 Å². The summed E-state index contributed by atoms with van der Waals surface area (Å²) in [5, 5.41) is 2.74. The van der Waals surface area contributed by atoms with Gasteiger partial charge >= 0.3 is 0 Å². The predicted octanol–water partition coefficient (Wildman–Crippen LogP) is 0.879. The maximum absolute atomic E-state index is 11.4. The Labute approximate surface area is 106 Å². The van der Waals surface area contributed by atoms with Crippen LogP contribution in [-0.4, -0.2) is 29.0 Å². The lowest BCUT2D eigenvalue weighted by atomic mass is 10.2. The highest BCUT2D eigenvalue weighted by atomic mass is 16.1. The number of nitrogens with zero attached hydrogens (tertiary/aromatic N) is 1. The summed E-state index contributed by atoms with van der Waals surface area (Å²) in [5.74, 6) is 0.861. The number of nitrogens with two attached hydrogens (primary N) is 1. The molecule has 5 nitrogen and oxygen atoms in total. The Kier molecular flexibility index (Phi) is 3.94. The highest BCUT2D eigenvalue weighted by Crippen LogP contribution is 2.15. The Balaban J connectivity index is 2.00. The fourth-order valence-corrected chi connectivity index (χ4v) is 1.88. The number of H-pyrrole nitrogens is 1. The van der Waals surface area contributed by atoms with E-state index in [2.05, 4.69) is 15.3 Å². The number of nitrogens with one attached hydrogen (secondary N) is 2. The van der Waals surface area contributed by atoms with E-state index < -0.39 is 0 Å². The molecule has 96 valence electrons. The molecule has 0 saturated carbocycles. The van der Waals surface area contributed by atoms with Gasteiger partial charge in [0.15, 0.2) is 0 Å². The zero-order valence-electron chi connectivity index (χ0n) is 10.5. The standard InChI is InChI=1S/C13H18N4O/c1-9-3-2-4-10-13(9)17-11(16-10)5-6-12(18)15-8-7-14/h2-4H,5-8,14H2,1H3,(H,15,18)(H,16,17). The molecule has 1 aromatic heterocycles. The van der Waals surface area contributed by atoms with Gasteiger partial charge in [0.2, 0.25) is 5.91 Å². The summed E-state index contributed by atoms with van der Waals surface area (Å²) in [5.41, 5.74) is 8.46. The molecule has 0 bridgehead atoms. The van der Waals surface area contributed by atoms with Gasteiger partial charge in [0.05, 0.1) is 11.0 Å². The average Bonchev–Trinajstić information content (AvgIpc) is 2.78. The molecule has 18 heavy (non-hydrogen) atoms. The first-order valence-electron chi connectivity index (χ1n) is 6.11. The Hall–Kier alpha value is -1.88. The second-order valence-electron chi connectivity index (χ2n) is 4.29. The number of amides is 1. The van der Waals surface area contributed by atoms with Crippen molar-refractivity contribution in [2.45, 2.75) is 19.8 Å². The van der Waals surface area contributed by atoms with Crippen molar-refractivity contribution in [3.8, 4) is 0 Å². The zero-order valence-corrected chi connectivity index (χ0v) is 10.5. The number of aromatic nitrogens is 2. The van der Waals surface area contributed by atoms with Crippen LogP contribution in [0.15, 0.2) is 18.2 Å². The first-order valence-corrected chi connectivity index (χ1v) is 6.11. The summed E-state index contributed by atoms with van der Waals surface area (Å²) in [6, 6.07) is 6.02. The molecular formula is C13H18N4O. The monoisotopic (exact) mass is 246 g/mol. The summed E-state index contributed by atoms with van der Waals surface area (Å²) in [7, 11) is 0. The van der Waals surface area contributed by atoms with E-state index in [-0.39, 0.29) is 5.91 Å². The molecule has 0 atom stereocenters. The van der Waals surface area contributed by atoms with Gasteiger partial charge in [-0.2, -0.15) is 0 Å². The molecule has 4 N–H and O–H groups in total. The topological polar surface area (TPSA) is 83.8 Å². The SMILES string of the molecule is Cc1cccc2[nH]c(CCC(=O)NCCN)nc12. The van der Waals surface area contributed by atoms with Gasteiger partial charge in [-0.25, -0.2) is 4.98 Å². The summed E-state index contributed by atoms with van der Waals surface area (Å²) in [6.07, 6.45) is 1.05. The molecule has 0 unspecified atom stereocenters. The van der Waals surface area contributed by atoms with Crippen molar-refractivity contribution >= 4 is 16.9 Å². The Bertz CT molecular complexity index is 547. The third-order valence-electron chi connectivity index (χ3n) is 2.82. The zero-order chi connectivity index (χ0) is 13.0. The van der Waals surface area contributed by atoms with E-state index in [1.54, 1.807) is 0 Å². The molecule has 1 heterocycles. The van der Waals surface area contributed by atoms with Crippen LogP contribution in [-0.2, 0) is 11.2 Å². The van der Waals surface area contributed by atoms with Crippen LogP contribution in [0.4, 0.5) is 0 Å². The Morgan fingerprint density at radius 2 is 2.33 bits per heavy atom. The first-order chi connectivity index (χ1) is 8.70. The molecule has 2 aromatic rings. The summed E-state index contributed by atoms with van der Waals surface area (Å²) in [4.78, 5) is 19.2. The van der Waals surface area contributed by atoms with E-state index in [1.807, 2.05) is 25.1 Å². The van der Waals surface area contributed by atoms with E-state index in [4.69, 9.17) is 5.73 Å². The van der Waals surface area contributed by atoms with E-state index in [0.29, 0.717) is 25.9 Å². The number of aromatic amines is 1. The minimum Gasteiger partial charge on any atom is -0.355 e. The van der Waals surface area contributed by atoms with Crippen molar-refractivity contribution in [3.63, 3.8) is 0 Å². The number of benzene rings is 1. The van der Waals surface area contributed by atoms with Gasteiger partial charge in [0.1, 0.15) is 5.82 Å². The molecule has 2 rings (SSSR count). The number of fused-ring (bicyclic) bond motifs is 1. The molecule has 5 heteroatoms. The fourth-order valence-electron chi connectivity index (χ4n) is 1.88. The van der Waals surface area contributed by atoms with Gasteiger partial charge < -0.3 is 16.0 Å². The largest absolute Gasteiger partial charge is 0.355 e. The lowest BCUT2D eigenvalue weighted by Gasteiger charge is -2.01. The van der Waals surface area contributed by atoms with Crippen molar-refractivity contribution in [2.24, 2.45) is 5.73 Å². The van der Waals surface area contributed by atoms with Crippen molar-refractivity contribution in [3.05, 3.63) is 29.6 Å². The van der Waals surface area contributed by atoms with Crippen LogP contribution in [0.3, 0.4) is 0 Å². The molecule has 0 aliphatic carbocycles. The highest BCUT2D eigenvalue weighted by molar-refractivity contribution is 5.79. The summed E-state index contributed by atoms with van der Waals surface area (Å²) in [6.45, 7) is 3.02. The van der Waals surface area contributed by atoms with Crippen molar-refractivity contribution in [2.75, 3.05) is 13.1 Å². The lowest BCUT2D eigenvalue weighted by Crippen LogP contribution is -2.29. The molecule has 0 aliphatic rings. The van der Waals surface area contributed by atoms with Gasteiger partial charge in [-0.1, -0.05) is 12.1 Å². The molecule has 0 spiro atoms. The van der Waals surface area contributed by atoms with Crippen LogP contribution >= 0.6 is 0 Å². The number of carbonyl (C=O) groups is 1. The minimum atomic E-state index is 0.0117. The second-order valence-corrected chi connectivity index (χ2v) is 4.29. The number of rotatable bonds is 5. The molecule has 0 saturated heterocycles. The Morgan fingerprint density at radius 1 is 1.50 bits per heavy atom. The van der Waals surface area contributed by atoms with E-state index >= 15 is 0 Å². The number of aryl methyl sites for hydroxylation is 2. The third kappa shape index (κ3) is 2.87. The van der Waals surface area contributed by atoms with Crippen molar-refractivity contribution in [1.82, 2.24) is 15.3 Å². The molecule has 0 radical (unpaired) electrons. The number of hydrogen-bond donors (Lipinski definition) is 3. The number of carbonyl (C=O) groups excluding carboxylic acids is 1. The average molecular weight is 246 g/mol. The molecule has 0 fully saturated rings. The van der Waals surface area contributed by atoms with E-state index in [0.717, 1.165) is 22.4 Å². The number of hydrogen-bond acceptors (Lipinski definition) is 3. The van der Waals surface area contributed by atoms with Crippen LogP contribution in [0, 0.1) is 6.92 Å². The van der Waals surface area contributed by atoms with Gasteiger partial charge in [-0.05, 0) is 18.6 Å². The van der Waals surface area contributed by atoms with Crippen LogP contribution in [0.2, 0.25) is 0 Å². The minimum absolute atomic E-state index is 0.0117. The molecule has 1 amide bonds. The number of imidazole rings is 1. The summed E-state index contributed by atoms with van der Waals surface area (Å²) < 4.78 is 0. The summed E-state index contributed by atoms with van der Waals surface area (Å²) >= 11 is 0.